The first-order chi connectivity index (χ1) is 10.9. The first-order valence-electron chi connectivity index (χ1n) is 6.24. The van der Waals surface area contributed by atoms with Gasteiger partial charge in [-0.3, -0.25) is 4.79 Å². The quantitative estimate of drug-likeness (QED) is 0.517. The number of pyridine rings is 1. The Balaban J connectivity index is 2.74. The fourth-order valence-electron chi connectivity index (χ4n) is 1.83. The highest BCUT2D eigenvalue weighted by Crippen LogP contribution is 2.26. The minimum Gasteiger partial charge on any atom is -0.365 e. The second-order valence-corrected chi connectivity index (χ2v) is 6.28. The van der Waals surface area contributed by atoms with Crippen molar-refractivity contribution in [1.82, 2.24) is 4.98 Å². The molecule has 23 heavy (non-hydrogen) atoms. The number of hydrogen-bond acceptors (Lipinski definition) is 5. The molecule has 0 fully saturated rings. The molecular weight excluding hydrogens is 321 g/mol. The molecule has 1 aromatic carbocycles. The maximum Gasteiger partial charge on any atom is 0.259 e. The molecule has 0 aliphatic carbocycles. The van der Waals surface area contributed by atoms with E-state index in [9.17, 15) is 17.6 Å². The summed E-state index contributed by atoms with van der Waals surface area (Å²) in [5.74, 6) is -2.23. The second kappa shape index (κ2) is 6.37. The molecule has 0 bridgehead atoms. The van der Waals surface area contributed by atoms with Gasteiger partial charge >= 0.3 is 0 Å². The number of primary amides is 1. The summed E-state index contributed by atoms with van der Waals surface area (Å²) in [6.07, 6.45) is 1.76. The van der Waals surface area contributed by atoms with Gasteiger partial charge < -0.3 is 5.73 Å². The number of halogens is 1. The maximum atomic E-state index is 14.0. The van der Waals surface area contributed by atoms with E-state index < -0.39 is 37.7 Å². The van der Waals surface area contributed by atoms with Crippen LogP contribution in [0.3, 0.4) is 0 Å². The molecule has 1 amide bonds. The summed E-state index contributed by atoms with van der Waals surface area (Å²) in [6.45, 7) is 0. The van der Waals surface area contributed by atoms with E-state index in [2.05, 4.69) is 4.98 Å². The van der Waals surface area contributed by atoms with Crippen LogP contribution in [0.4, 0.5) is 4.39 Å². The van der Waals surface area contributed by atoms with Gasteiger partial charge in [-0.15, -0.1) is 0 Å². The van der Waals surface area contributed by atoms with E-state index in [4.69, 9.17) is 11.0 Å². The summed E-state index contributed by atoms with van der Waals surface area (Å²) >= 11 is 0. The Morgan fingerprint density at radius 1 is 1.26 bits per heavy atom. The van der Waals surface area contributed by atoms with Crippen molar-refractivity contribution in [2.75, 3.05) is 0 Å². The predicted octanol–water partition coefficient (Wildman–Crippen LogP) is 1.45. The number of aromatic nitrogens is 1. The van der Waals surface area contributed by atoms with Crippen LogP contribution in [-0.2, 0) is 14.6 Å². The molecule has 0 aliphatic heterocycles. The lowest BCUT2D eigenvalue weighted by atomic mass is 10.1. The highest BCUT2D eigenvalue weighted by Gasteiger charge is 2.23. The zero-order chi connectivity index (χ0) is 17.0. The van der Waals surface area contributed by atoms with Crippen LogP contribution in [0.2, 0.25) is 0 Å². The van der Waals surface area contributed by atoms with Crippen LogP contribution in [0.1, 0.15) is 5.56 Å². The van der Waals surface area contributed by atoms with E-state index >= 15 is 0 Å². The van der Waals surface area contributed by atoms with Gasteiger partial charge in [0, 0.05) is 6.20 Å². The van der Waals surface area contributed by atoms with Crippen molar-refractivity contribution in [2.24, 2.45) is 5.73 Å². The molecule has 0 aliphatic rings. The first kappa shape index (κ1) is 16.3. The topological polar surface area (TPSA) is 114 Å². The highest BCUT2D eigenvalue weighted by atomic mass is 32.2. The summed E-state index contributed by atoms with van der Waals surface area (Å²) in [4.78, 5) is 14.0. The number of nitrogens with zero attached hydrogens (tertiary/aromatic N) is 2. The average molecular weight is 331 g/mol. The van der Waals surface area contributed by atoms with Crippen LogP contribution in [0.5, 0.6) is 0 Å². The SMILES string of the molecule is N#CC(=Cc1c(S(=O)(=O)c2ccccc2)ccnc1F)C(N)=O. The van der Waals surface area contributed by atoms with E-state index in [0.717, 1.165) is 18.3 Å². The Morgan fingerprint density at radius 3 is 2.48 bits per heavy atom. The molecule has 1 heterocycles. The molecule has 0 unspecified atom stereocenters. The van der Waals surface area contributed by atoms with Crippen LogP contribution in [-0.4, -0.2) is 19.3 Å². The number of amides is 1. The number of sulfone groups is 1. The summed E-state index contributed by atoms with van der Waals surface area (Å²) < 4.78 is 39.2. The molecule has 1 aromatic heterocycles. The lowest BCUT2D eigenvalue weighted by Gasteiger charge is -2.08. The van der Waals surface area contributed by atoms with Gasteiger partial charge in [-0.25, -0.2) is 13.4 Å². The Bertz CT molecular complexity index is 932. The van der Waals surface area contributed by atoms with Gasteiger partial charge in [-0.1, -0.05) is 18.2 Å². The van der Waals surface area contributed by atoms with Crippen molar-refractivity contribution in [2.45, 2.75) is 9.79 Å². The molecule has 0 radical (unpaired) electrons. The monoisotopic (exact) mass is 331 g/mol. The Kier molecular flexibility index (Phi) is 4.52. The van der Waals surface area contributed by atoms with Crippen LogP contribution in [0, 0.1) is 17.3 Å². The summed E-state index contributed by atoms with van der Waals surface area (Å²) in [6, 6.07) is 9.95. The summed E-state index contributed by atoms with van der Waals surface area (Å²) in [5.41, 5.74) is 3.92. The molecule has 0 spiro atoms. The van der Waals surface area contributed by atoms with Gasteiger partial charge in [0.05, 0.1) is 15.4 Å². The van der Waals surface area contributed by atoms with Crippen molar-refractivity contribution in [3.63, 3.8) is 0 Å². The minimum absolute atomic E-state index is 0.0576. The zero-order valence-electron chi connectivity index (χ0n) is 11.6. The molecule has 6 nitrogen and oxygen atoms in total. The normalized spacial score (nSPS) is 11.7. The third-order valence-electron chi connectivity index (χ3n) is 2.92. The van der Waals surface area contributed by atoms with Crippen LogP contribution in [0.15, 0.2) is 58.0 Å². The molecule has 2 rings (SSSR count). The molecule has 2 aromatic rings. The van der Waals surface area contributed by atoms with Gasteiger partial charge in [-0.05, 0) is 24.3 Å². The van der Waals surface area contributed by atoms with E-state index in [-0.39, 0.29) is 4.90 Å². The van der Waals surface area contributed by atoms with Crippen molar-refractivity contribution in [3.8, 4) is 6.07 Å². The molecular formula is C15H10FN3O3S. The lowest BCUT2D eigenvalue weighted by molar-refractivity contribution is -0.114. The van der Waals surface area contributed by atoms with E-state index in [0.29, 0.717) is 0 Å². The van der Waals surface area contributed by atoms with Gasteiger partial charge in [0.2, 0.25) is 15.8 Å². The van der Waals surface area contributed by atoms with Crippen molar-refractivity contribution < 1.29 is 17.6 Å². The van der Waals surface area contributed by atoms with Crippen molar-refractivity contribution in [1.29, 1.82) is 5.26 Å². The summed E-state index contributed by atoms with van der Waals surface area (Å²) in [5, 5.41) is 8.85. The summed E-state index contributed by atoms with van der Waals surface area (Å²) in [7, 11) is -4.06. The minimum atomic E-state index is -4.06. The largest absolute Gasteiger partial charge is 0.365 e. The van der Waals surface area contributed by atoms with Crippen molar-refractivity contribution >= 4 is 21.8 Å². The number of benzene rings is 1. The van der Waals surface area contributed by atoms with Crippen LogP contribution in [0.25, 0.3) is 6.08 Å². The zero-order valence-corrected chi connectivity index (χ0v) is 12.4. The first-order valence-corrected chi connectivity index (χ1v) is 7.72. The molecule has 8 heteroatoms. The third kappa shape index (κ3) is 3.25. The van der Waals surface area contributed by atoms with Gasteiger partial charge in [0.25, 0.3) is 5.91 Å². The smallest absolute Gasteiger partial charge is 0.259 e. The van der Waals surface area contributed by atoms with Crippen molar-refractivity contribution in [3.05, 3.63) is 59.7 Å². The number of rotatable bonds is 4. The predicted molar refractivity (Wildman–Crippen MR) is 78.9 cm³/mol. The van der Waals surface area contributed by atoms with Crippen LogP contribution < -0.4 is 5.73 Å². The average Bonchev–Trinajstić information content (AvgIpc) is 2.54. The van der Waals surface area contributed by atoms with E-state index in [1.54, 1.807) is 6.07 Å². The molecule has 116 valence electrons. The highest BCUT2D eigenvalue weighted by molar-refractivity contribution is 7.91. The number of hydrogen-bond donors (Lipinski definition) is 1. The molecule has 0 saturated carbocycles. The van der Waals surface area contributed by atoms with Gasteiger partial charge in [0.15, 0.2) is 0 Å². The van der Waals surface area contributed by atoms with E-state index in [1.165, 1.54) is 30.3 Å². The Labute approximate surface area is 131 Å². The number of carbonyl (C=O) groups is 1. The third-order valence-corrected chi connectivity index (χ3v) is 4.75. The number of nitriles is 1. The van der Waals surface area contributed by atoms with Gasteiger partial charge in [-0.2, -0.15) is 9.65 Å². The maximum absolute atomic E-state index is 14.0. The lowest BCUT2D eigenvalue weighted by Crippen LogP contribution is -2.13. The fourth-order valence-corrected chi connectivity index (χ4v) is 3.27. The molecule has 0 saturated heterocycles. The van der Waals surface area contributed by atoms with E-state index in [1.807, 2.05) is 0 Å². The fraction of sp³-hybridized carbons (Fsp3) is 0. The Hall–Kier alpha value is -3.05. The number of carbonyl (C=O) groups excluding carboxylic acids is 1. The molecule has 2 N–H and O–H groups in total. The van der Waals surface area contributed by atoms with Gasteiger partial charge in [0.1, 0.15) is 11.6 Å². The second-order valence-electron chi connectivity index (χ2n) is 4.36. The molecule has 0 atom stereocenters. The van der Waals surface area contributed by atoms with Crippen LogP contribution >= 0.6 is 0 Å². The number of nitrogens with two attached hydrogens (primary N) is 1. The standard InChI is InChI=1S/C15H10FN3O3S/c16-14-12(8-10(9-17)15(18)20)13(6-7-19-14)23(21,22)11-4-2-1-3-5-11/h1-8H,(H2,18,20). The Morgan fingerprint density at radius 2 is 1.91 bits per heavy atom.